The van der Waals surface area contributed by atoms with E-state index in [1.807, 2.05) is 0 Å². The van der Waals surface area contributed by atoms with Gasteiger partial charge in [-0.25, -0.2) is 4.98 Å². The largest absolute Gasteiger partial charge is 0.369 e. The molecule has 2 rings (SSSR count). The van der Waals surface area contributed by atoms with Crippen LogP contribution in [0.1, 0.15) is 0 Å². The number of fused-ring (bicyclic) bond motifs is 1. The molecule has 6 nitrogen and oxygen atoms in total. The first kappa shape index (κ1) is 4.89. The van der Waals surface area contributed by atoms with E-state index in [1.54, 1.807) is 0 Å². The maximum absolute atomic E-state index is 11.1. The van der Waals surface area contributed by atoms with Crippen molar-refractivity contribution in [3.63, 3.8) is 0 Å². The van der Waals surface area contributed by atoms with Crippen LogP contribution in [0.4, 0.5) is 5.95 Å². The van der Waals surface area contributed by atoms with Crippen LogP contribution in [-0.4, -0.2) is 19.9 Å². The minimum atomic E-state index is -0.454. The van der Waals surface area contributed by atoms with Crippen molar-refractivity contribution in [2.24, 2.45) is 0 Å². The zero-order chi connectivity index (χ0) is 8.72. The van der Waals surface area contributed by atoms with Crippen LogP contribution in [-0.2, 0) is 0 Å². The number of H-pyrrole nitrogens is 2. The monoisotopic (exact) mass is 152 g/mol. The van der Waals surface area contributed by atoms with Gasteiger partial charge in [-0.3, -0.25) is 9.78 Å². The van der Waals surface area contributed by atoms with Gasteiger partial charge in [-0.15, -0.1) is 0 Å². The molecule has 0 aliphatic carbocycles. The van der Waals surface area contributed by atoms with Crippen LogP contribution < -0.4 is 11.3 Å². The number of hydrogen-bond donors (Lipinski definition) is 3. The van der Waals surface area contributed by atoms with Crippen LogP contribution in [0.2, 0.25) is 1.41 Å². The Bertz CT molecular complexity index is 486. The number of rotatable bonds is 0. The third-order valence-electron chi connectivity index (χ3n) is 1.26. The number of anilines is 1. The first-order chi connectivity index (χ1) is 5.68. The van der Waals surface area contributed by atoms with Crippen LogP contribution in [0.15, 0.2) is 11.1 Å². The van der Waals surface area contributed by atoms with Crippen LogP contribution in [0.3, 0.4) is 0 Å². The van der Waals surface area contributed by atoms with Crippen molar-refractivity contribution in [1.82, 2.24) is 19.9 Å². The molecular weight excluding hydrogens is 146 g/mol. The first-order valence-corrected chi connectivity index (χ1v) is 2.90. The predicted octanol–water partition coefficient (Wildman–Crippen LogP) is -0.772. The van der Waals surface area contributed by atoms with Crippen molar-refractivity contribution >= 4 is 17.1 Å². The minimum Gasteiger partial charge on any atom is -0.369 e. The standard InChI is InChI=1S/C5H5N5O/c6-5-9-3-2(4(11)10-5)7-1-8-3/h1H,(H4,6,7,8,9,10,11)/i/hD. The number of imidazole rings is 1. The molecule has 0 aliphatic heterocycles. The Labute approximate surface area is 61.9 Å². The Kier molecular flexibility index (Phi) is 0.807. The normalized spacial score (nSPS) is 11.8. The van der Waals surface area contributed by atoms with E-state index in [2.05, 4.69) is 15.0 Å². The summed E-state index contributed by atoms with van der Waals surface area (Å²) in [6.45, 7) is 0. The van der Waals surface area contributed by atoms with Crippen LogP contribution in [0, 0.1) is 0 Å². The molecule has 0 radical (unpaired) electrons. The molecule has 2 aromatic heterocycles. The van der Waals surface area contributed by atoms with E-state index in [0.29, 0.717) is 0 Å². The average Bonchev–Trinajstić information content (AvgIpc) is 2.31. The molecule has 0 fully saturated rings. The van der Waals surface area contributed by atoms with Crippen molar-refractivity contribution < 1.29 is 1.41 Å². The summed E-state index contributed by atoms with van der Waals surface area (Å²) in [4.78, 5) is 21.7. The molecule has 11 heavy (non-hydrogen) atoms. The summed E-state index contributed by atoms with van der Waals surface area (Å²) in [6.07, 6.45) is 1.19. The lowest BCUT2D eigenvalue weighted by molar-refractivity contribution is 1.17. The third-order valence-corrected chi connectivity index (χ3v) is 1.26. The van der Waals surface area contributed by atoms with Gasteiger partial charge >= 0.3 is 0 Å². The number of nitrogen functional groups attached to an aromatic ring is 1. The van der Waals surface area contributed by atoms with Crippen molar-refractivity contribution in [2.45, 2.75) is 0 Å². The number of aromatic nitrogens is 4. The third kappa shape index (κ3) is 0.759. The van der Waals surface area contributed by atoms with Gasteiger partial charge in [0.25, 0.3) is 5.56 Å². The molecule has 0 aromatic carbocycles. The van der Waals surface area contributed by atoms with Gasteiger partial charge < -0.3 is 10.7 Å². The topological polar surface area (TPSA) is 100 Å². The highest BCUT2D eigenvalue weighted by Gasteiger charge is 2.01. The maximum atomic E-state index is 11.1. The molecule has 56 valence electrons. The molecule has 0 spiro atoms. The second kappa shape index (κ2) is 1.82. The predicted molar refractivity (Wildman–Crippen MR) is 38.9 cm³/mol. The second-order valence-electron chi connectivity index (χ2n) is 2.00. The summed E-state index contributed by atoms with van der Waals surface area (Å²) in [5.41, 5.74) is 5.09. The van der Waals surface area contributed by atoms with Gasteiger partial charge in [-0.05, 0) is 0 Å². The van der Waals surface area contributed by atoms with E-state index >= 15 is 0 Å². The second-order valence-corrected chi connectivity index (χ2v) is 2.00. The molecule has 0 aliphatic rings. The van der Waals surface area contributed by atoms with E-state index in [9.17, 15) is 4.79 Å². The van der Waals surface area contributed by atoms with Crippen LogP contribution in [0.5, 0.6) is 0 Å². The highest BCUT2D eigenvalue weighted by Crippen LogP contribution is 1.98. The average molecular weight is 152 g/mol. The maximum Gasteiger partial charge on any atom is 0.278 e. The lowest BCUT2D eigenvalue weighted by Crippen LogP contribution is -2.10. The van der Waals surface area contributed by atoms with Crippen molar-refractivity contribution in [2.75, 3.05) is 5.73 Å². The SMILES string of the molecule is [2H]n1cnc2nc(N)[nH]c(=O)c21. The molecule has 2 aromatic rings. The fourth-order valence-corrected chi connectivity index (χ4v) is 0.820. The zero-order valence-electron chi connectivity index (χ0n) is 6.40. The van der Waals surface area contributed by atoms with Crippen molar-refractivity contribution in [3.05, 3.63) is 16.7 Å². The Morgan fingerprint density at radius 2 is 2.55 bits per heavy atom. The number of aromatic amines is 2. The fourth-order valence-electron chi connectivity index (χ4n) is 0.820. The van der Waals surface area contributed by atoms with Crippen LogP contribution >= 0.6 is 0 Å². The summed E-state index contributed by atoms with van der Waals surface area (Å²) in [6, 6.07) is 0. The van der Waals surface area contributed by atoms with E-state index < -0.39 is 5.56 Å². The van der Waals surface area contributed by atoms with Gasteiger partial charge in [0.15, 0.2) is 12.6 Å². The van der Waals surface area contributed by atoms with Gasteiger partial charge in [-0.2, -0.15) is 4.98 Å². The Morgan fingerprint density at radius 3 is 3.36 bits per heavy atom. The van der Waals surface area contributed by atoms with Gasteiger partial charge in [0.1, 0.15) is 0 Å². The number of nitrogens with one attached hydrogen (secondary N) is 2. The summed E-state index contributed by atoms with van der Waals surface area (Å²) < 4.78 is 7.21. The molecule has 0 atom stereocenters. The van der Waals surface area contributed by atoms with Gasteiger partial charge in [-0.1, -0.05) is 0 Å². The van der Waals surface area contributed by atoms with E-state index in [-0.39, 0.29) is 17.1 Å². The van der Waals surface area contributed by atoms with E-state index in [1.165, 1.54) is 6.33 Å². The number of hydrogen-bond acceptors (Lipinski definition) is 4. The molecule has 0 amide bonds. The first-order valence-electron chi connectivity index (χ1n) is 3.35. The molecular formula is C5H5N5O. The van der Waals surface area contributed by atoms with Gasteiger partial charge in [0, 0.05) is 0 Å². The highest BCUT2D eigenvalue weighted by molar-refractivity contribution is 5.69. The van der Waals surface area contributed by atoms with Gasteiger partial charge in [0.2, 0.25) is 5.95 Å². The van der Waals surface area contributed by atoms with Crippen molar-refractivity contribution in [3.8, 4) is 0 Å². The smallest absolute Gasteiger partial charge is 0.278 e. The van der Waals surface area contributed by atoms with Crippen LogP contribution in [0.25, 0.3) is 11.2 Å². The number of nitrogens with two attached hydrogens (primary N) is 1. The molecule has 4 N–H and O–H groups in total. The Balaban J connectivity index is 3.03. The lowest BCUT2D eigenvalue weighted by Gasteiger charge is -1.89. The van der Waals surface area contributed by atoms with E-state index in [4.69, 9.17) is 7.15 Å². The molecule has 0 saturated carbocycles. The highest BCUT2D eigenvalue weighted by atomic mass is 16.1. The Hall–Kier alpha value is -1.85. The van der Waals surface area contributed by atoms with Gasteiger partial charge in [0.05, 0.1) is 6.33 Å². The minimum absolute atomic E-state index is 0.00574. The Morgan fingerprint density at radius 1 is 1.73 bits per heavy atom. The summed E-state index contributed by atoms with van der Waals surface area (Å²) >= 11 is 0. The fraction of sp³-hybridized carbons (Fsp3) is 0. The quantitative estimate of drug-likeness (QED) is 0.461. The summed E-state index contributed by atoms with van der Waals surface area (Å²) in [5.74, 6) is 0.00574. The van der Waals surface area contributed by atoms with Crippen molar-refractivity contribution in [1.29, 1.82) is 0 Å². The molecule has 0 saturated heterocycles. The summed E-state index contributed by atoms with van der Waals surface area (Å²) in [5, 5.41) is 0. The summed E-state index contributed by atoms with van der Waals surface area (Å²) in [7, 11) is 0. The molecule has 2 heterocycles. The molecule has 0 bridgehead atoms. The lowest BCUT2D eigenvalue weighted by atomic mass is 10.5. The molecule has 6 heteroatoms. The zero-order valence-corrected chi connectivity index (χ0v) is 5.40. The molecule has 0 unspecified atom stereocenters. The number of nitrogens with zero attached hydrogens (tertiary/aromatic N) is 2. The van der Waals surface area contributed by atoms with E-state index in [0.717, 1.165) is 4.98 Å².